The highest BCUT2D eigenvalue weighted by Gasteiger charge is 2.20. The van der Waals surface area contributed by atoms with E-state index in [1.807, 2.05) is 0 Å². The number of carbonyl (C=O) groups is 2. The maximum absolute atomic E-state index is 12.4. The second kappa shape index (κ2) is 53.0. The fraction of sp³-hybridized carbons (Fsp3) is 0.895. The average Bonchev–Trinajstić information content (AvgIpc) is 3.28. The lowest BCUT2D eigenvalue weighted by atomic mass is 10.0. The highest BCUT2D eigenvalue weighted by molar-refractivity contribution is 5.76. The van der Waals surface area contributed by atoms with Crippen LogP contribution in [0.2, 0.25) is 0 Å². The van der Waals surface area contributed by atoms with E-state index in [4.69, 9.17) is 4.74 Å². The van der Waals surface area contributed by atoms with E-state index in [1.54, 1.807) is 0 Å². The van der Waals surface area contributed by atoms with E-state index in [9.17, 15) is 19.8 Å². The number of hydrogen-bond donors (Lipinski definition) is 3. The zero-order valence-electron chi connectivity index (χ0n) is 42.3. The standard InChI is InChI=1S/C57H109NO5/c1-3-5-7-9-11-13-15-17-27-31-35-39-43-47-51-57(62)63-52-48-44-40-36-32-28-25-23-21-19-18-20-22-24-26-30-34-38-42-46-50-56(61)58-54(53-59)55(60)49-45-41-37-33-29-16-14-12-10-8-6-4-2/h15,17-18,20,54-55,59-60H,3-14,16,19,21-53H2,1-2H3,(H,58,61)/b17-15-,20-18-. The Hall–Kier alpha value is -1.66. The van der Waals surface area contributed by atoms with Crippen LogP contribution >= 0.6 is 0 Å². The third-order valence-electron chi connectivity index (χ3n) is 13.0. The highest BCUT2D eigenvalue weighted by atomic mass is 16.5. The molecule has 6 heteroatoms. The molecule has 0 aliphatic rings. The van der Waals surface area contributed by atoms with Gasteiger partial charge in [0.1, 0.15) is 0 Å². The third kappa shape index (κ3) is 49.6. The van der Waals surface area contributed by atoms with Crippen LogP contribution in [-0.2, 0) is 14.3 Å². The third-order valence-corrected chi connectivity index (χ3v) is 13.0. The number of carbonyl (C=O) groups excluding carboxylic acids is 2. The van der Waals surface area contributed by atoms with Crippen molar-refractivity contribution in [1.82, 2.24) is 5.32 Å². The second-order valence-corrected chi connectivity index (χ2v) is 19.3. The first kappa shape index (κ1) is 61.3. The largest absolute Gasteiger partial charge is 0.466 e. The van der Waals surface area contributed by atoms with Crippen molar-refractivity contribution in [1.29, 1.82) is 0 Å². The molecule has 0 rings (SSSR count). The molecule has 0 bridgehead atoms. The van der Waals surface area contributed by atoms with Crippen LogP contribution in [0, 0.1) is 0 Å². The second-order valence-electron chi connectivity index (χ2n) is 19.3. The minimum Gasteiger partial charge on any atom is -0.466 e. The summed E-state index contributed by atoms with van der Waals surface area (Å²) in [4.78, 5) is 24.5. The van der Waals surface area contributed by atoms with Gasteiger partial charge in [0, 0.05) is 12.8 Å². The molecule has 0 aromatic rings. The molecule has 3 N–H and O–H groups in total. The van der Waals surface area contributed by atoms with Crippen LogP contribution in [0.5, 0.6) is 0 Å². The first-order valence-electron chi connectivity index (χ1n) is 28.1. The van der Waals surface area contributed by atoms with Gasteiger partial charge in [0.25, 0.3) is 0 Å². The van der Waals surface area contributed by atoms with Gasteiger partial charge in [-0.1, -0.05) is 237 Å². The maximum Gasteiger partial charge on any atom is 0.305 e. The molecule has 0 saturated carbocycles. The highest BCUT2D eigenvalue weighted by Crippen LogP contribution is 2.16. The zero-order chi connectivity index (χ0) is 45.8. The monoisotopic (exact) mass is 888 g/mol. The fourth-order valence-corrected chi connectivity index (χ4v) is 8.63. The molecule has 63 heavy (non-hydrogen) atoms. The predicted molar refractivity (Wildman–Crippen MR) is 273 cm³/mol. The van der Waals surface area contributed by atoms with E-state index in [0.717, 1.165) is 44.9 Å². The molecule has 2 unspecified atom stereocenters. The Bertz CT molecular complexity index is 982. The van der Waals surface area contributed by atoms with Gasteiger partial charge in [-0.05, 0) is 77.0 Å². The number of ether oxygens (including phenoxy) is 1. The van der Waals surface area contributed by atoms with Crippen molar-refractivity contribution in [2.24, 2.45) is 0 Å². The summed E-state index contributed by atoms with van der Waals surface area (Å²) in [6, 6.07) is -0.546. The minimum absolute atomic E-state index is 0.00238. The molecule has 0 radical (unpaired) electrons. The molecule has 6 nitrogen and oxygen atoms in total. The first-order valence-corrected chi connectivity index (χ1v) is 28.1. The van der Waals surface area contributed by atoms with Gasteiger partial charge in [-0.2, -0.15) is 0 Å². The van der Waals surface area contributed by atoms with E-state index in [-0.39, 0.29) is 18.5 Å². The van der Waals surface area contributed by atoms with Gasteiger partial charge in [0.15, 0.2) is 0 Å². The van der Waals surface area contributed by atoms with Gasteiger partial charge >= 0.3 is 5.97 Å². The topological polar surface area (TPSA) is 95.9 Å². The van der Waals surface area contributed by atoms with E-state index < -0.39 is 12.1 Å². The van der Waals surface area contributed by atoms with Gasteiger partial charge in [-0.25, -0.2) is 0 Å². The Morgan fingerprint density at radius 2 is 0.746 bits per heavy atom. The number of nitrogens with one attached hydrogen (secondary N) is 1. The Morgan fingerprint density at radius 3 is 1.13 bits per heavy atom. The van der Waals surface area contributed by atoms with Crippen LogP contribution in [0.15, 0.2) is 24.3 Å². The lowest BCUT2D eigenvalue weighted by Crippen LogP contribution is -2.45. The molecular formula is C57H109NO5. The average molecular weight is 889 g/mol. The molecule has 0 aliphatic carbocycles. The van der Waals surface area contributed by atoms with Gasteiger partial charge < -0.3 is 20.3 Å². The molecule has 372 valence electrons. The summed E-state index contributed by atoms with van der Waals surface area (Å²) in [5.41, 5.74) is 0. The quantitative estimate of drug-likeness (QED) is 0.0321. The number of esters is 1. The molecule has 0 aromatic carbocycles. The Kier molecular flexibility index (Phi) is 51.6. The number of allylic oxidation sites excluding steroid dienone is 4. The Morgan fingerprint density at radius 1 is 0.429 bits per heavy atom. The number of unbranched alkanes of at least 4 members (excludes halogenated alkanes) is 37. The van der Waals surface area contributed by atoms with Crippen LogP contribution in [-0.4, -0.2) is 47.4 Å². The van der Waals surface area contributed by atoms with Gasteiger partial charge in [0.05, 0.1) is 25.4 Å². The predicted octanol–water partition coefficient (Wildman–Crippen LogP) is 17.1. The number of amides is 1. The smallest absolute Gasteiger partial charge is 0.305 e. The van der Waals surface area contributed by atoms with Gasteiger partial charge in [0.2, 0.25) is 5.91 Å². The molecule has 0 fully saturated rings. The first-order chi connectivity index (χ1) is 31.0. The van der Waals surface area contributed by atoms with E-state index >= 15 is 0 Å². The molecular weight excluding hydrogens is 779 g/mol. The lowest BCUT2D eigenvalue weighted by molar-refractivity contribution is -0.143. The van der Waals surface area contributed by atoms with Crippen LogP contribution in [0.4, 0.5) is 0 Å². The molecule has 0 heterocycles. The summed E-state index contributed by atoms with van der Waals surface area (Å²) in [6.07, 6.45) is 63.1. The molecule has 0 spiro atoms. The van der Waals surface area contributed by atoms with Crippen molar-refractivity contribution in [2.75, 3.05) is 13.2 Å². The van der Waals surface area contributed by atoms with E-state index in [1.165, 1.54) is 225 Å². The Balaban J connectivity index is 3.42. The molecule has 0 aliphatic heterocycles. The van der Waals surface area contributed by atoms with Crippen molar-refractivity contribution >= 4 is 11.9 Å². The van der Waals surface area contributed by atoms with Crippen molar-refractivity contribution in [3.63, 3.8) is 0 Å². The SMILES string of the molecule is CCCCCCC/C=C\CCCCCCCC(=O)OCCCCCCCCCCC/C=C\CCCCCCCCCC(=O)NC(CO)C(O)CCCCCCCCCCCCCC. The zero-order valence-corrected chi connectivity index (χ0v) is 42.3. The van der Waals surface area contributed by atoms with E-state index in [2.05, 4.69) is 43.5 Å². The number of aliphatic hydroxyl groups excluding tert-OH is 2. The summed E-state index contributed by atoms with van der Waals surface area (Å²) < 4.78 is 5.47. The summed E-state index contributed by atoms with van der Waals surface area (Å²) in [6.45, 7) is 4.93. The summed E-state index contributed by atoms with van der Waals surface area (Å²) in [7, 11) is 0. The summed E-state index contributed by atoms with van der Waals surface area (Å²) in [5, 5.41) is 23.2. The van der Waals surface area contributed by atoms with Crippen molar-refractivity contribution in [2.45, 2.75) is 315 Å². The molecule has 0 saturated heterocycles. The lowest BCUT2D eigenvalue weighted by Gasteiger charge is -2.22. The van der Waals surface area contributed by atoms with Crippen molar-refractivity contribution < 1.29 is 24.5 Å². The van der Waals surface area contributed by atoms with Crippen molar-refractivity contribution in [3.05, 3.63) is 24.3 Å². The summed E-state index contributed by atoms with van der Waals surface area (Å²) in [5.74, 6) is -0.0464. The van der Waals surface area contributed by atoms with Gasteiger partial charge in [-0.3, -0.25) is 9.59 Å². The molecule has 0 aromatic heterocycles. The van der Waals surface area contributed by atoms with Gasteiger partial charge in [-0.15, -0.1) is 0 Å². The number of rotatable bonds is 52. The van der Waals surface area contributed by atoms with Crippen LogP contribution in [0.1, 0.15) is 303 Å². The van der Waals surface area contributed by atoms with Crippen LogP contribution in [0.3, 0.4) is 0 Å². The maximum atomic E-state index is 12.4. The summed E-state index contributed by atoms with van der Waals surface area (Å²) >= 11 is 0. The van der Waals surface area contributed by atoms with E-state index in [0.29, 0.717) is 25.9 Å². The van der Waals surface area contributed by atoms with Crippen LogP contribution < -0.4 is 5.32 Å². The van der Waals surface area contributed by atoms with Crippen LogP contribution in [0.25, 0.3) is 0 Å². The minimum atomic E-state index is -0.668. The number of aliphatic hydroxyl groups is 2. The molecule has 1 amide bonds. The normalized spacial score (nSPS) is 12.8. The molecule has 2 atom stereocenters. The Labute approximate surface area is 392 Å². The number of hydrogen-bond acceptors (Lipinski definition) is 5. The van der Waals surface area contributed by atoms with Crippen molar-refractivity contribution in [3.8, 4) is 0 Å². The fourth-order valence-electron chi connectivity index (χ4n) is 8.63.